The Balaban J connectivity index is 1.60. The second kappa shape index (κ2) is 9.23. The molecule has 0 atom stereocenters. The van der Waals surface area contributed by atoms with Gasteiger partial charge in [-0.05, 0) is 57.0 Å². The van der Waals surface area contributed by atoms with Crippen LogP contribution in [0.4, 0.5) is 17.5 Å². The molecule has 0 aliphatic heterocycles. The molecule has 3 N–H and O–H groups in total. The van der Waals surface area contributed by atoms with Gasteiger partial charge in [0.25, 0.3) is 0 Å². The summed E-state index contributed by atoms with van der Waals surface area (Å²) in [5.41, 5.74) is 4.55. The number of benzene rings is 2. The van der Waals surface area contributed by atoms with Crippen LogP contribution in [0.3, 0.4) is 0 Å². The molecular formula is C22H27N5O2S. The minimum absolute atomic E-state index is 0.216. The van der Waals surface area contributed by atoms with Gasteiger partial charge in [-0.25, -0.2) is 18.1 Å². The molecule has 3 aromatic rings. The van der Waals surface area contributed by atoms with Crippen molar-refractivity contribution in [3.05, 3.63) is 70.9 Å². The highest BCUT2D eigenvalue weighted by Crippen LogP contribution is 2.18. The minimum Gasteiger partial charge on any atom is -0.353 e. The average molecular weight is 426 g/mol. The smallest absolute Gasteiger partial charge is 0.240 e. The van der Waals surface area contributed by atoms with E-state index >= 15 is 0 Å². The molecule has 0 spiro atoms. The standard InChI is InChI=1S/C22H27N5O2S/c1-15-6-9-19(10-7-15)26-21-14-18(4)25-22(27-21)23-11-12-24-30(28,29)20-13-16(2)5-8-17(20)3/h5-10,13-14,24H,11-12H2,1-4H3,(H2,23,25,26,27). The van der Waals surface area contributed by atoms with Crippen molar-refractivity contribution < 1.29 is 8.42 Å². The summed E-state index contributed by atoms with van der Waals surface area (Å²) in [6.07, 6.45) is 0. The van der Waals surface area contributed by atoms with Gasteiger partial charge in [0.2, 0.25) is 16.0 Å². The molecule has 0 aliphatic carbocycles. The van der Waals surface area contributed by atoms with E-state index in [1.807, 2.05) is 63.2 Å². The first-order valence-electron chi connectivity index (χ1n) is 9.73. The number of rotatable bonds is 8. The fourth-order valence-electron chi connectivity index (χ4n) is 2.93. The molecule has 0 fully saturated rings. The molecule has 2 aromatic carbocycles. The predicted molar refractivity (Wildman–Crippen MR) is 121 cm³/mol. The summed E-state index contributed by atoms with van der Waals surface area (Å²) in [6.45, 7) is 8.16. The third-order valence-corrected chi connectivity index (χ3v) is 6.11. The second-order valence-electron chi connectivity index (χ2n) is 7.30. The molecule has 0 amide bonds. The summed E-state index contributed by atoms with van der Waals surface area (Å²) >= 11 is 0. The highest BCUT2D eigenvalue weighted by atomic mass is 32.2. The summed E-state index contributed by atoms with van der Waals surface area (Å²) in [4.78, 5) is 9.13. The molecule has 0 saturated heterocycles. The Hall–Kier alpha value is -2.97. The SMILES string of the molecule is Cc1ccc(Nc2cc(C)nc(NCCNS(=O)(=O)c3cc(C)ccc3C)n2)cc1. The molecular weight excluding hydrogens is 398 g/mol. The van der Waals surface area contributed by atoms with Gasteiger partial charge in [0.1, 0.15) is 5.82 Å². The maximum absolute atomic E-state index is 12.6. The molecule has 0 unspecified atom stereocenters. The molecule has 1 aromatic heterocycles. The topological polar surface area (TPSA) is 96.0 Å². The lowest BCUT2D eigenvalue weighted by molar-refractivity contribution is 0.582. The Morgan fingerprint density at radius 1 is 0.833 bits per heavy atom. The molecule has 0 aliphatic rings. The minimum atomic E-state index is -3.57. The van der Waals surface area contributed by atoms with E-state index in [1.165, 1.54) is 5.56 Å². The van der Waals surface area contributed by atoms with Crippen molar-refractivity contribution >= 4 is 27.5 Å². The van der Waals surface area contributed by atoms with Crippen molar-refractivity contribution in [2.24, 2.45) is 0 Å². The number of anilines is 3. The van der Waals surface area contributed by atoms with E-state index in [-0.39, 0.29) is 6.54 Å². The summed E-state index contributed by atoms with van der Waals surface area (Å²) in [6, 6.07) is 15.3. The van der Waals surface area contributed by atoms with Gasteiger partial charge in [-0.1, -0.05) is 29.8 Å². The molecule has 30 heavy (non-hydrogen) atoms. The van der Waals surface area contributed by atoms with Crippen LogP contribution < -0.4 is 15.4 Å². The molecule has 0 radical (unpaired) electrons. The Morgan fingerprint density at radius 2 is 1.53 bits per heavy atom. The number of hydrogen-bond donors (Lipinski definition) is 3. The average Bonchev–Trinajstić information content (AvgIpc) is 2.68. The van der Waals surface area contributed by atoms with Crippen LogP contribution in [0.15, 0.2) is 53.4 Å². The van der Waals surface area contributed by atoms with Crippen LogP contribution in [-0.2, 0) is 10.0 Å². The van der Waals surface area contributed by atoms with Crippen molar-refractivity contribution in [1.29, 1.82) is 0 Å². The van der Waals surface area contributed by atoms with Crippen LogP contribution in [0.1, 0.15) is 22.4 Å². The first-order valence-corrected chi connectivity index (χ1v) is 11.2. The summed E-state index contributed by atoms with van der Waals surface area (Å²) < 4.78 is 27.8. The van der Waals surface area contributed by atoms with E-state index in [9.17, 15) is 8.42 Å². The lowest BCUT2D eigenvalue weighted by Crippen LogP contribution is -2.29. The molecule has 0 saturated carbocycles. The van der Waals surface area contributed by atoms with Gasteiger partial charge in [0, 0.05) is 30.5 Å². The van der Waals surface area contributed by atoms with Gasteiger partial charge < -0.3 is 10.6 Å². The molecule has 8 heteroatoms. The van der Waals surface area contributed by atoms with Crippen molar-refractivity contribution in [2.75, 3.05) is 23.7 Å². The zero-order valence-electron chi connectivity index (χ0n) is 17.7. The number of nitrogens with one attached hydrogen (secondary N) is 3. The summed E-state index contributed by atoms with van der Waals surface area (Å²) in [5, 5.41) is 6.34. The number of nitrogens with zero attached hydrogens (tertiary/aromatic N) is 2. The highest BCUT2D eigenvalue weighted by Gasteiger charge is 2.16. The Labute approximate surface area is 178 Å². The van der Waals surface area contributed by atoms with Gasteiger partial charge in [0.05, 0.1) is 4.90 Å². The van der Waals surface area contributed by atoms with E-state index in [0.29, 0.717) is 23.2 Å². The van der Waals surface area contributed by atoms with Crippen molar-refractivity contribution in [2.45, 2.75) is 32.6 Å². The first-order chi connectivity index (χ1) is 14.2. The van der Waals surface area contributed by atoms with E-state index in [4.69, 9.17) is 0 Å². The van der Waals surface area contributed by atoms with E-state index < -0.39 is 10.0 Å². The van der Waals surface area contributed by atoms with E-state index in [2.05, 4.69) is 25.3 Å². The maximum atomic E-state index is 12.6. The zero-order chi connectivity index (χ0) is 21.7. The van der Waals surface area contributed by atoms with Crippen LogP contribution in [0.2, 0.25) is 0 Å². The van der Waals surface area contributed by atoms with Crippen LogP contribution in [-0.4, -0.2) is 31.5 Å². The monoisotopic (exact) mass is 425 g/mol. The molecule has 7 nitrogen and oxygen atoms in total. The Kier molecular flexibility index (Phi) is 6.69. The largest absolute Gasteiger partial charge is 0.353 e. The van der Waals surface area contributed by atoms with Crippen molar-refractivity contribution in [3.63, 3.8) is 0 Å². The van der Waals surface area contributed by atoms with Gasteiger partial charge >= 0.3 is 0 Å². The van der Waals surface area contributed by atoms with Crippen LogP contribution >= 0.6 is 0 Å². The second-order valence-corrected chi connectivity index (χ2v) is 9.04. The number of aryl methyl sites for hydroxylation is 4. The summed E-state index contributed by atoms with van der Waals surface area (Å²) in [7, 11) is -3.57. The number of hydrogen-bond acceptors (Lipinski definition) is 6. The third kappa shape index (κ3) is 5.77. The quantitative estimate of drug-likeness (QED) is 0.475. The first kappa shape index (κ1) is 21.7. The van der Waals surface area contributed by atoms with Gasteiger partial charge in [-0.3, -0.25) is 0 Å². The highest BCUT2D eigenvalue weighted by molar-refractivity contribution is 7.89. The van der Waals surface area contributed by atoms with Crippen molar-refractivity contribution in [3.8, 4) is 0 Å². The maximum Gasteiger partial charge on any atom is 0.240 e. The van der Waals surface area contributed by atoms with Gasteiger partial charge in [-0.15, -0.1) is 0 Å². The van der Waals surface area contributed by atoms with Crippen LogP contribution in [0.25, 0.3) is 0 Å². The predicted octanol–water partition coefficient (Wildman–Crippen LogP) is 3.84. The fraction of sp³-hybridized carbons (Fsp3) is 0.273. The van der Waals surface area contributed by atoms with E-state index in [1.54, 1.807) is 13.0 Å². The zero-order valence-corrected chi connectivity index (χ0v) is 18.5. The normalized spacial score (nSPS) is 11.3. The van der Waals surface area contributed by atoms with E-state index in [0.717, 1.165) is 22.5 Å². The summed E-state index contributed by atoms with van der Waals surface area (Å²) in [5.74, 6) is 1.11. The lowest BCUT2D eigenvalue weighted by atomic mass is 10.2. The van der Waals surface area contributed by atoms with Crippen LogP contribution in [0, 0.1) is 27.7 Å². The Bertz CT molecular complexity index is 1130. The molecule has 0 bridgehead atoms. The Morgan fingerprint density at radius 3 is 2.27 bits per heavy atom. The lowest BCUT2D eigenvalue weighted by Gasteiger charge is -2.12. The van der Waals surface area contributed by atoms with Crippen LogP contribution in [0.5, 0.6) is 0 Å². The third-order valence-electron chi connectivity index (χ3n) is 4.51. The molecule has 3 rings (SSSR count). The number of sulfonamides is 1. The number of aromatic nitrogens is 2. The molecule has 158 valence electrons. The molecule has 1 heterocycles. The van der Waals surface area contributed by atoms with Gasteiger partial charge in [-0.2, -0.15) is 4.98 Å². The fourth-order valence-corrected chi connectivity index (χ4v) is 4.29. The van der Waals surface area contributed by atoms with Gasteiger partial charge in [0.15, 0.2) is 0 Å². The van der Waals surface area contributed by atoms with Crippen molar-refractivity contribution in [1.82, 2.24) is 14.7 Å².